The van der Waals surface area contributed by atoms with Gasteiger partial charge in [-0.05, 0) is 60.9 Å². The van der Waals surface area contributed by atoms with E-state index in [4.69, 9.17) is 14.2 Å². The monoisotopic (exact) mass is 480 g/mol. The summed E-state index contributed by atoms with van der Waals surface area (Å²) in [6.07, 6.45) is 14.7. The quantitative estimate of drug-likeness (QED) is 0.100. The van der Waals surface area contributed by atoms with E-state index in [0.29, 0.717) is 24.5 Å². The molecule has 0 saturated heterocycles. The zero-order valence-corrected chi connectivity index (χ0v) is 21.3. The Hall–Kier alpha value is -3.08. The second-order valence-corrected chi connectivity index (χ2v) is 8.66. The lowest BCUT2D eigenvalue weighted by atomic mass is 10.1. The van der Waals surface area contributed by atoms with Crippen molar-refractivity contribution < 1.29 is 23.8 Å². The third-order valence-electron chi connectivity index (χ3n) is 5.60. The topological polar surface area (TPSA) is 61.8 Å². The van der Waals surface area contributed by atoms with Gasteiger partial charge in [0.15, 0.2) is 0 Å². The van der Waals surface area contributed by atoms with E-state index in [9.17, 15) is 9.59 Å². The summed E-state index contributed by atoms with van der Waals surface area (Å²) in [6, 6.07) is 14.0. The van der Waals surface area contributed by atoms with E-state index in [1.54, 1.807) is 54.6 Å². The van der Waals surface area contributed by atoms with E-state index in [-0.39, 0.29) is 5.97 Å². The average Bonchev–Trinajstić information content (AvgIpc) is 2.88. The fourth-order valence-electron chi connectivity index (χ4n) is 3.49. The summed E-state index contributed by atoms with van der Waals surface area (Å²) >= 11 is 0. The maximum Gasteiger partial charge on any atom is 0.343 e. The molecule has 0 aliphatic heterocycles. The second-order valence-electron chi connectivity index (χ2n) is 8.66. The molecule has 0 N–H and O–H groups in total. The zero-order chi connectivity index (χ0) is 25.1. The third-order valence-corrected chi connectivity index (χ3v) is 5.60. The Morgan fingerprint density at radius 3 is 1.94 bits per heavy atom. The predicted molar refractivity (Wildman–Crippen MR) is 141 cm³/mol. The molecule has 0 atom stereocenters. The van der Waals surface area contributed by atoms with E-state index in [1.807, 2.05) is 0 Å². The first-order valence-electron chi connectivity index (χ1n) is 13.0. The first kappa shape index (κ1) is 28.2. The highest BCUT2D eigenvalue weighted by Gasteiger charge is 2.09. The number of ether oxygens (including phenoxy) is 3. The van der Waals surface area contributed by atoms with Crippen molar-refractivity contribution >= 4 is 18.0 Å². The molecule has 0 spiro atoms. The molecule has 5 nitrogen and oxygen atoms in total. The number of esters is 2. The zero-order valence-electron chi connectivity index (χ0n) is 21.3. The molecular weight excluding hydrogens is 440 g/mol. The standard InChI is InChI=1S/C30H40O5/c1-3-5-7-9-10-12-23-33-27-20-16-26(17-21-27)30(32)35-28-18-13-25(14-19-28)15-22-29(31)34-24-11-8-6-4-2/h13-22H,3-12,23-24H2,1-2H3/b22-15+. The molecule has 5 heteroatoms. The van der Waals surface area contributed by atoms with Crippen LogP contribution >= 0.6 is 0 Å². The van der Waals surface area contributed by atoms with Gasteiger partial charge in [-0.3, -0.25) is 0 Å². The van der Waals surface area contributed by atoms with Crippen LogP contribution in [0.25, 0.3) is 6.08 Å². The van der Waals surface area contributed by atoms with Crippen molar-refractivity contribution in [1.29, 1.82) is 0 Å². The van der Waals surface area contributed by atoms with Crippen molar-refractivity contribution in [3.8, 4) is 11.5 Å². The van der Waals surface area contributed by atoms with Crippen LogP contribution in [0.2, 0.25) is 0 Å². The first-order valence-corrected chi connectivity index (χ1v) is 13.0. The minimum atomic E-state index is -0.428. The van der Waals surface area contributed by atoms with Gasteiger partial charge in [-0.2, -0.15) is 0 Å². The molecule has 0 aliphatic rings. The van der Waals surface area contributed by atoms with E-state index >= 15 is 0 Å². The fourth-order valence-corrected chi connectivity index (χ4v) is 3.49. The fraction of sp³-hybridized carbons (Fsp3) is 0.467. The van der Waals surface area contributed by atoms with E-state index in [2.05, 4.69) is 13.8 Å². The van der Waals surface area contributed by atoms with Gasteiger partial charge in [0.05, 0.1) is 18.8 Å². The number of rotatable bonds is 17. The molecule has 2 aromatic carbocycles. The van der Waals surface area contributed by atoms with E-state index < -0.39 is 5.97 Å². The molecule has 35 heavy (non-hydrogen) atoms. The lowest BCUT2D eigenvalue weighted by Gasteiger charge is -2.08. The Balaban J connectivity index is 1.71. The Morgan fingerprint density at radius 1 is 0.686 bits per heavy atom. The van der Waals surface area contributed by atoms with Gasteiger partial charge in [-0.1, -0.05) is 77.3 Å². The highest BCUT2D eigenvalue weighted by Crippen LogP contribution is 2.18. The molecule has 0 aliphatic carbocycles. The molecule has 2 rings (SSSR count). The van der Waals surface area contributed by atoms with Crippen LogP contribution in [0.3, 0.4) is 0 Å². The Bertz CT molecular complexity index is 884. The molecule has 0 amide bonds. The average molecular weight is 481 g/mol. The van der Waals surface area contributed by atoms with Gasteiger partial charge in [-0.15, -0.1) is 0 Å². The molecule has 0 unspecified atom stereocenters. The largest absolute Gasteiger partial charge is 0.494 e. The lowest BCUT2D eigenvalue weighted by molar-refractivity contribution is -0.137. The lowest BCUT2D eigenvalue weighted by Crippen LogP contribution is -2.08. The Kier molecular flexibility index (Phi) is 14.0. The van der Waals surface area contributed by atoms with Crippen LogP contribution in [0.1, 0.15) is 94.0 Å². The maximum atomic E-state index is 12.4. The molecule has 0 bridgehead atoms. The van der Waals surface area contributed by atoms with Gasteiger partial charge < -0.3 is 14.2 Å². The summed E-state index contributed by atoms with van der Waals surface area (Å²) in [5.74, 6) is 0.415. The van der Waals surface area contributed by atoms with Crippen LogP contribution in [0, 0.1) is 0 Å². The molecule has 0 saturated carbocycles. The van der Waals surface area contributed by atoms with Crippen molar-refractivity contribution in [2.45, 2.75) is 78.1 Å². The van der Waals surface area contributed by atoms with Gasteiger partial charge in [0, 0.05) is 6.08 Å². The molecule has 0 heterocycles. The normalized spacial score (nSPS) is 10.9. The minimum absolute atomic E-state index is 0.351. The number of benzene rings is 2. The second kappa shape index (κ2) is 17.4. The van der Waals surface area contributed by atoms with Crippen molar-refractivity contribution in [3.63, 3.8) is 0 Å². The number of carbonyl (C=O) groups is 2. The summed E-state index contributed by atoms with van der Waals surface area (Å²) in [7, 11) is 0. The van der Waals surface area contributed by atoms with Crippen LogP contribution in [0.15, 0.2) is 54.6 Å². The Morgan fingerprint density at radius 2 is 1.26 bits per heavy atom. The predicted octanol–water partition coefficient (Wildman–Crippen LogP) is 7.78. The van der Waals surface area contributed by atoms with E-state index in [1.165, 1.54) is 38.2 Å². The smallest absolute Gasteiger partial charge is 0.343 e. The van der Waals surface area contributed by atoms with Crippen molar-refractivity contribution in [2.24, 2.45) is 0 Å². The van der Waals surface area contributed by atoms with Gasteiger partial charge >= 0.3 is 11.9 Å². The molecule has 2 aromatic rings. The maximum absolute atomic E-state index is 12.4. The van der Waals surface area contributed by atoms with Crippen molar-refractivity contribution in [1.82, 2.24) is 0 Å². The SMILES string of the molecule is CCCCCCCCOc1ccc(C(=O)Oc2ccc(/C=C/C(=O)OCCCCCC)cc2)cc1. The summed E-state index contributed by atoms with van der Waals surface area (Å²) < 4.78 is 16.4. The summed E-state index contributed by atoms with van der Waals surface area (Å²) in [6.45, 7) is 5.50. The number of carbonyl (C=O) groups excluding carboxylic acids is 2. The van der Waals surface area contributed by atoms with Crippen molar-refractivity contribution in [3.05, 3.63) is 65.7 Å². The van der Waals surface area contributed by atoms with Gasteiger partial charge in [0.25, 0.3) is 0 Å². The highest BCUT2D eigenvalue weighted by molar-refractivity contribution is 5.91. The van der Waals surface area contributed by atoms with Crippen LogP contribution < -0.4 is 9.47 Å². The van der Waals surface area contributed by atoms with Gasteiger partial charge in [0.2, 0.25) is 0 Å². The Labute approximate surface area is 210 Å². The number of hydrogen-bond donors (Lipinski definition) is 0. The van der Waals surface area contributed by atoms with Crippen LogP contribution in [-0.2, 0) is 9.53 Å². The van der Waals surface area contributed by atoms with Crippen LogP contribution in [0.5, 0.6) is 11.5 Å². The van der Waals surface area contributed by atoms with Crippen molar-refractivity contribution in [2.75, 3.05) is 13.2 Å². The number of unbranched alkanes of at least 4 members (excludes halogenated alkanes) is 8. The molecule has 0 radical (unpaired) electrons. The minimum Gasteiger partial charge on any atom is -0.494 e. The molecule has 0 fully saturated rings. The summed E-state index contributed by atoms with van der Waals surface area (Å²) in [5, 5.41) is 0. The van der Waals surface area contributed by atoms with E-state index in [0.717, 1.165) is 43.4 Å². The third kappa shape index (κ3) is 12.3. The van der Waals surface area contributed by atoms with Gasteiger partial charge in [0.1, 0.15) is 11.5 Å². The summed E-state index contributed by atoms with van der Waals surface area (Å²) in [4.78, 5) is 24.2. The molecule has 0 aromatic heterocycles. The molecular formula is C30H40O5. The highest BCUT2D eigenvalue weighted by atomic mass is 16.5. The van der Waals surface area contributed by atoms with Gasteiger partial charge in [-0.25, -0.2) is 9.59 Å². The summed E-state index contributed by atoms with van der Waals surface area (Å²) in [5.41, 5.74) is 1.28. The van der Waals surface area contributed by atoms with Crippen LogP contribution in [-0.4, -0.2) is 25.2 Å². The van der Waals surface area contributed by atoms with Crippen LogP contribution in [0.4, 0.5) is 0 Å². The number of hydrogen-bond acceptors (Lipinski definition) is 5. The first-order chi connectivity index (χ1) is 17.1. The molecule has 190 valence electrons.